The normalized spacial score (nSPS) is 17.6. The minimum absolute atomic E-state index is 0. The van der Waals surface area contributed by atoms with Crippen LogP contribution in [0.2, 0.25) is 0 Å². The second kappa shape index (κ2) is 9.09. The summed E-state index contributed by atoms with van der Waals surface area (Å²) in [4.78, 5) is 12.5. The van der Waals surface area contributed by atoms with Crippen molar-refractivity contribution in [3.8, 4) is 0 Å². The molecule has 22 heavy (non-hydrogen) atoms. The highest BCUT2D eigenvalue weighted by Gasteiger charge is 2.36. The first-order valence-electron chi connectivity index (χ1n) is 7.86. The number of nitrogens with zero attached hydrogens (tertiary/aromatic N) is 1. The van der Waals surface area contributed by atoms with E-state index in [0.29, 0.717) is 6.42 Å². The maximum atomic E-state index is 12.5. The highest BCUT2D eigenvalue weighted by molar-refractivity contribution is 5.71. The number of aliphatic hydroxyl groups is 1. The zero-order chi connectivity index (χ0) is 15.1. The van der Waals surface area contributed by atoms with Crippen LogP contribution in [0.25, 0.3) is 0 Å². The molecule has 0 aromatic heterocycles. The van der Waals surface area contributed by atoms with Gasteiger partial charge in [0.25, 0.3) is 0 Å². The zero-order valence-electron chi connectivity index (χ0n) is 13.3. The largest absolute Gasteiger partial charge is 1.00 e. The Morgan fingerprint density at radius 2 is 1.82 bits per heavy atom. The van der Waals surface area contributed by atoms with Crippen molar-refractivity contribution in [1.29, 1.82) is 0 Å². The van der Waals surface area contributed by atoms with Crippen LogP contribution in [0.15, 0.2) is 42.0 Å². The molecule has 1 aromatic carbocycles. The highest BCUT2D eigenvalue weighted by atomic mass is 35.5. The molecule has 2 rings (SSSR count). The summed E-state index contributed by atoms with van der Waals surface area (Å²) in [6.45, 7) is 3.60. The van der Waals surface area contributed by atoms with E-state index in [2.05, 4.69) is 19.1 Å². The summed E-state index contributed by atoms with van der Waals surface area (Å²) < 4.78 is 0.259. The number of halogens is 1. The Morgan fingerprint density at radius 3 is 2.41 bits per heavy atom. The first-order valence-corrected chi connectivity index (χ1v) is 7.86. The van der Waals surface area contributed by atoms with Gasteiger partial charge in [-0.25, -0.2) is 9.28 Å². The van der Waals surface area contributed by atoms with E-state index in [-0.39, 0.29) is 29.5 Å². The van der Waals surface area contributed by atoms with Crippen LogP contribution in [0.4, 0.5) is 0 Å². The van der Waals surface area contributed by atoms with Crippen LogP contribution < -0.4 is 12.4 Å². The van der Waals surface area contributed by atoms with Crippen molar-refractivity contribution >= 4 is 5.91 Å². The van der Waals surface area contributed by atoms with Crippen molar-refractivity contribution in [3.05, 3.63) is 47.5 Å². The van der Waals surface area contributed by atoms with Crippen LogP contribution in [0.1, 0.15) is 38.2 Å². The third kappa shape index (κ3) is 4.94. The molecule has 1 aromatic rings. The van der Waals surface area contributed by atoms with Gasteiger partial charge in [0.2, 0.25) is 0 Å². The zero-order valence-corrected chi connectivity index (χ0v) is 14.1. The summed E-state index contributed by atoms with van der Waals surface area (Å²) in [5.74, 6) is 0.157. The molecule has 1 aliphatic rings. The molecule has 1 heterocycles. The van der Waals surface area contributed by atoms with Gasteiger partial charge in [-0.1, -0.05) is 42.0 Å². The maximum absolute atomic E-state index is 12.5. The van der Waals surface area contributed by atoms with Crippen molar-refractivity contribution in [1.82, 2.24) is 0 Å². The number of likely N-dealkylation sites (tertiary alicyclic amines) is 1. The summed E-state index contributed by atoms with van der Waals surface area (Å²) in [5, 5.41) is 9.64. The number of allylic oxidation sites excluding steroid dienone is 1. The van der Waals surface area contributed by atoms with Crippen LogP contribution >= 0.6 is 0 Å². The molecule has 4 heteroatoms. The number of aliphatic hydroxyl groups excluding tert-OH is 1. The van der Waals surface area contributed by atoms with Crippen LogP contribution in [-0.2, 0) is 11.2 Å². The molecule has 0 saturated carbocycles. The summed E-state index contributed by atoms with van der Waals surface area (Å²) in [6, 6.07) is 10.3. The van der Waals surface area contributed by atoms with Gasteiger partial charge in [-0.05, 0) is 38.2 Å². The second-order valence-electron chi connectivity index (χ2n) is 6.11. The summed E-state index contributed by atoms with van der Waals surface area (Å²) >= 11 is 0. The van der Waals surface area contributed by atoms with E-state index in [9.17, 15) is 9.90 Å². The highest BCUT2D eigenvalue weighted by Crippen LogP contribution is 2.20. The Balaban J connectivity index is 0.00000242. The lowest BCUT2D eigenvalue weighted by molar-refractivity contribution is -0.878. The number of carbonyl (C=O) groups excluding carboxylic acids is 1. The summed E-state index contributed by atoms with van der Waals surface area (Å²) in [7, 11) is 0. The van der Waals surface area contributed by atoms with Crippen molar-refractivity contribution in [2.45, 2.75) is 39.0 Å². The molecule has 0 unspecified atom stereocenters. The Kier molecular flexibility index (Phi) is 7.80. The molecule has 122 valence electrons. The van der Waals surface area contributed by atoms with Gasteiger partial charge < -0.3 is 17.5 Å². The van der Waals surface area contributed by atoms with E-state index >= 15 is 0 Å². The van der Waals surface area contributed by atoms with Gasteiger partial charge >= 0.3 is 5.91 Å². The van der Waals surface area contributed by atoms with Crippen molar-refractivity contribution in [2.75, 3.05) is 19.8 Å². The number of quaternary nitrogens is 1. The van der Waals surface area contributed by atoms with E-state index in [1.54, 1.807) is 0 Å². The van der Waals surface area contributed by atoms with E-state index in [1.807, 2.05) is 24.3 Å². The van der Waals surface area contributed by atoms with Crippen LogP contribution in [0.3, 0.4) is 0 Å². The molecule has 0 spiro atoms. The van der Waals surface area contributed by atoms with Gasteiger partial charge in [0.15, 0.2) is 6.73 Å². The Hall–Kier alpha value is -1.16. The number of rotatable bonds is 5. The van der Waals surface area contributed by atoms with E-state index in [0.717, 1.165) is 32.4 Å². The SMILES string of the molecule is C/C(=C\CC(=O)[N+]1(CO)CCCCC1)Cc1ccccc1.[Cl-]. The average Bonchev–Trinajstić information content (AvgIpc) is 2.54. The molecule has 1 aliphatic heterocycles. The maximum Gasteiger partial charge on any atom is 0.319 e. The number of carbonyl (C=O) groups is 1. The van der Waals surface area contributed by atoms with Crippen molar-refractivity contribution in [2.24, 2.45) is 0 Å². The van der Waals surface area contributed by atoms with Gasteiger partial charge in [-0.15, -0.1) is 0 Å². The van der Waals surface area contributed by atoms with E-state index < -0.39 is 0 Å². The molecular formula is C18H26ClNO2. The molecule has 1 amide bonds. The predicted octanol–water partition coefficient (Wildman–Crippen LogP) is 0.0466. The minimum atomic E-state index is -0.0512. The molecule has 0 aliphatic carbocycles. The van der Waals surface area contributed by atoms with Crippen molar-refractivity contribution in [3.63, 3.8) is 0 Å². The third-order valence-electron chi connectivity index (χ3n) is 4.42. The molecule has 0 atom stereocenters. The Morgan fingerprint density at radius 1 is 1.18 bits per heavy atom. The topological polar surface area (TPSA) is 37.3 Å². The summed E-state index contributed by atoms with van der Waals surface area (Å²) in [6.07, 6.45) is 6.60. The first-order chi connectivity index (χ1) is 10.2. The fourth-order valence-corrected chi connectivity index (χ4v) is 3.03. The smallest absolute Gasteiger partial charge is 0.319 e. The van der Waals surface area contributed by atoms with Gasteiger partial charge in [0, 0.05) is 0 Å². The van der Waals surface area contributed by atoms with Gasteiger partial charge in [0.1, 0.15) is 0 Å². The number of amides is 1. The number of piperidine rings is 1. The lowest BCUT2D eigenvalue weighted by atomic mass is 10.0. The Bertz CT molecular complexity index is 493. The lowest BCUT2D eigenvalue weighted by Crippen LogP contribution is -3.00. The molecule has 3 nitrogen and oxygen atoms in total. The fourth-order valence-electron chi connectivity index (χ4n) is 3.03. The molecule has 1 fully saturated rings. The monoisotopic (exact) mass is 323 g/mol. The third-order valence-corrected chi connectivity index (χ3v) is 4.42. The predicted molar refractivity (Wildman–Crippen MR) is 84.5 cm³/mol. The minimum Gasteiger partial charge on any atom is -1.00 e. The van der Waals surface area contributed by atoms with Gasteiger partial charge in [-0.2, -0.15) is 0 Å². The second-order valence-corrected chi connectivity index (χ2v) is 6.11. The summed E-state index contributed by atoms with van der Waals surface area (Å²) in [5.41, 5.74) is 2.48. The van der Waals surface area contributed by atoms with Gasteiger partial charge in [0.05, 0.1) is 19.5 Å². The van der Waals surface area contributed by atoms with Gasteiger partial charge in [-0.3, -0.25) is 0 Å². The number of hydrogen-bond acceptors (Lipinski definition) is 2. The quantitative estimate of drug-likeness (QED) is 0.614. The molecule has 0 radical (unpaired) electrons. The average molecular weight is 324 g/mol. The number of hydrogen-bond donors (Lipinski definition) is 1. The van der Waals surface area contributed by atoms with E-state index in [1.165, 1.54) is 17.6 Å². The standard InChI is InChI=1S/C18H26NO2.ClH/c1-16(14-17-8-4-2-5-9-17)10-11-18(21)19(15-20)12-6-3-7-13-19;/h2,4-5,8-10,20H,3,6-7,11-15H2,1H3;1H/q+1;/p-1/b16-10+;. The molecule has 0 bridgehead atoms. The number of benzene rings is 1. The van der Waals surface area contributed by atoms with E-state index in [4.69, 9.17) is 0 Å². The molecular weight excluding hydrogens is 298 g/mol. The van der Waals surface area contributed by atoms with Crippen LogP contribution in [0.5, 0.6) is 0 Å². The lowest BCUT2D eigenvalue weighted by Gasteiger charge is -2.36. The first kappa shape index (κ1) is 18.9. The van der Waals surface area contributed by atoms with Crippen LogP contribution in [0, 0.1) is 0 Å². The van der Waals surface area contributed by atoms with Crippen molar-refractivity contribution < 1.29 is 26.8 Å². The fraction of sp³-hybridized carbons (Fsp3) is 0.500. The molecule has 1 saturated heterocycles. The Labute approximate surface area is 139 Å². The van der Waals surface area contributed by atoms with Crippen LogP contribution in [-0.4, -0.2) is 35.3 Å². The molecule has 1 N–H and O–H groups in total.